The first kappa shape index (κ1) is 28.7. The second kappa shape index (κ2) is 13.2. The molecule has 3 aromatic rings. The third-order valence-corrected chi connectivity index (χ3v) is 8.34. The van der Waals surface area contributed by atoms with E-state index in [2.05, 4.69) is 14.6 Å². The van der Waals surface area contributed by atoms with E-state index in [1.54, 1.807) is 36.2 Å². The molecule has 2 aromatic carbocycles. The van der Waals surface area contributed by atoms with Crippen molar-refractivity contribution < 1.29 is 18.0 Å². The maximum Gasteiger partial charge on any atom is 0.265 e. The molecule has 2 amide bonds. The zero-order valence-electron chi connectivity index (χ0n) is 22.0. The minimum absolute atomic E-state index is 0.0584. The number of pyridine rings is 1. The molecule has 39 heavy (non-hydrogen) atoms. The van der Waals surface area contributed by atoms with Gasteiger partial charge in [-0.3, -0.25) is 19.5 Å². The van der Waals surface area contributed by atoms with Gasteiger partial charge in [0, 0.05) is 55.2 Å². The SMILES string of the molecule is CC(=O)N1CCCCCCCN(Cc2cccnc2)Cc2cc(C(=O)NS(=O)(=O)c3ccc(Cl)cc3)ccc21. The first-order valence-corrected chi connectivity index (χ1v) is 14.9. The van der Waals surface area contributed by atoms with Gasteiger partial charge in [-0.2, -0.15) is 0 Å². The molecule has 1 aliphatic rings. The van der Waals surface area contributed by atoms with Gasteiger partial charge in [-0.25, -0.2) is 13.1 Å². The molecular formula is C29H33ClN4O4S. The Morgan fingerprint density at radius 1 is 0.974 bits per heavy atom. The number of nitrogens with zero attached hydrogens (tertiary/aromatic N) is 3. The Morgan fingerprint density at radius 2 is 1.69 bits per heavy atom. The Kier molecular flexibility index (Phi) is 9.72. The van der Waals surface area contributed by atoms with Gasteiger partial charge in [-0.15, -0.1) is 0 Å². The molecule has 0 unspecified atom stereocenters. The second-order valence-electron chi connectivity index (χ2n) is 9.74. The summed E-state index contributed by atoms with van der Waals surface area (Å²) in [6.45, 7) is 4.12. The molecule has 8 nitrogen and oxygen atoms in total. The minimum Gasteiger partial charge on any atom is -0.312 e. The molecule has 0 bridgehead atoms. The van der Waals surface area contributed by atoms with Gasteiger partial charge in [0.1, 0.15) is 0 Å². The number of rotatable bonds is 5. The van der Waals surface area contributed by atoms with Crippen molar-refractivity contribution in [1.29, 1.82) is 0 Å². The summed E-state index contributed by atoms with van der Waals surface area (Å²) in [6, 6.07) is 14.5. The monoisotopic (exact) mass is 568 g/mol. The Morgan fingerprint density at radius 3 is 2.38 bits per heavy atom. The molecule has 1 aromatic heterocycles. The Bertz CT molecular complexity index is 1400. The standard InChI is InChI=1S/C29H33ClN4O4S/c1-22(35)34-17-6-4-2-3-5-16-33(20-23-8-7-15-31-19-23)21-25-18-24(9-14-28(25)34)29(36)32-39(37,38)27-12-10-26(30)11-13-27/h7-15,18-19H,2-6,16-17,20-21H2,1H3,(H,32,36). The molecule has 0 aliphatic carbocycles. The van der Waals surface area contributed by atoms with Crippen LogP contribution in [0.3, 0.4) is 0 Å². The summed E-state index contributed by atoms with van der Waals surface area (Å²) < 4.78 is 27.8. The van der Waals surface area contributed by atoms with Gasteiger partial charge in [0.15, 0.2) is 0 Å². The largest absolute Gasteiger partial charge is 0.312 e. The maximum absolute atomic E-state index is 13.1. The number of hydrogen-bond acceptors (Lipinski definition) is 6. The highest BCUT2D eigenvalue weighted by Gasteiger charge is 2.23. The smallest absolute Gasteiger partial charge is 0.265 e. The summed E-state index contributed by atoms with van der Waals surface area (Å²) in [5.41, 5.74) is 2.78. The number of sulfonamides is 1. The number of nitrogens with one attached hydrogen (secondary N) is 1. The number of amides is 2. The molecule has 4 rings (SSSR count). The zero-order chi connectivity index (χ0) is 27.8. The van der Waals surface area contributed by atoms with Gasteiger partial charge in [0.05, 0.1) is 4.90 Å². The fraction of sp³-hybridized carbons (Fsp3) is 0.345. The molecule has 0 atom stereocenters. The van der Waals surface area contributed by atoms with Gasteiger partial charge in [-0.05, 0) is 79.0 Å². The van der Waals surface area contributed by atoms with Gasteiger partial charge in [0.2, 0.25) is 5.91 Å². The molecule has 0 radical (unpaired) electrons. The highest BCUT2D eigenvalue weighted by molar-refractivity contribution is 7.90. The van der Waals surface area contributed by atoms with E-state index in [0.717, 1.165) is 55.5 Å². The van der Waals surface area contributed by atoms with Crippen LogP contribution in [0.4, 0.5) is 5.69 Å². The predicted octanol–water partition coefficient (Wildman–Crippen LogP) is 5.17. The number of carbonyl (C=O) groups excluding carboxylic acids is 2. The summed E-state index contributed by atoms with van der Waals surface area (Å²) in [4.78, 5) is 34.0. The highest BCUT2D eigenvalue weighted by atomic mass is 35.5. The van der Waals surface area contributed by atoms with Crippen molar-refractivity contribution in [3.63, 3.8) is 0 Å². The molecule has 1 N–H and O–H groups in total. The van der Waals surface area contributed by atoms with Crippen LogP contribution in [0.25, 0.3) is 0 Å². The number of hydrogen-bond donors (Lipinski definition) is 1. The first-order chi connectivity index (χ1) is 18.7. The summed E-state index contributed by atoms with van der Waals surface area (Å²) >= 11 is 5.88. The molecule has 206 valence electrons. The molecule has 1 aliphatic heterocycles. The molecule has 0 saturated carbocycles. The fourth-order valence-corrected chi connectivity index (χ4v) is 5.86. The molecule has 0 spiro atoms. The molecule has 0 saturated heterocycles. The van der Waals surface area contributed by atoms with Crippen LogP contribution >= 0.6 is 11.6 Å². The van der Waals surface area contributed by atoms with Crippen LogP contribution in [-0.2, 0) is 27.9 Å². The van der Waals surface area contributed by atoms with E-state index < -0.39 is 15.9 Å². The maximum atomic E-state index is 13.1. The zero-order valence-corrected chi connectivity index (χ0v) is 23.5. The lowest BCUT2D eigenvalue weighted by atomic mass is 10.0. The van der Waals surface area contributed by atoms with E-state index in [1.165, 1.54) is 24.3 Å². The van der Waals surface area contributed by atoms with E-state index in [0.29, 0.717) is 24.7 Å². The van der Waals surface area contributed by atoms with Crippen molar-refractivity contribution in [2.45, 2.75) is 57.0 Å². The fourth-order valence-electron chi connectivity index (χ4n) is 4.76. The Labute approximate surface area is 235 Å². The predicted molar refractivity (Wildman–Crippen MR) is 152 cm³/mol. The number of anilines is 1. The van der Waals surface area contributed by atoms with Crippen molar-refractivity contribution in [3.05, 3.63) is 88.7 Å². The first-order valence-electron chi connectivity index (χ1n) is 13.1. The molecular weight excluding hydrogens is 536 g/mol. The van der Waals surface area contributed by atoms with Crippen LogP contribution in [0.5, 0.6) is 0 Å². The van der Waals surface area contributed by atoms with Gasteiger partial charge in [-0.1, -0.05) is 36.9 Å². The van der Waals surface area contributed by atoms with Gasteiger partial charge < -0.3 is 4.90 Å². The lowest BCUT2D eigenvalue weighted by Gasteiger charge is -2.29. The summed E-state index contributed by atoms with van der Waals surface area (Å²) in [5, 5.41) is 0.394. The highest BCUT2D eigenvalue weighted by Crippen LogP contribution is 2.27. The number of fused-ring (bicyclic) bond motifs is 1. The lowest BCUT2D eigenvalue weighted by Crippen LogP contribution is -2.33. The topological polar surface area (TPSA) is 99.7 Å². The average Bonchev–Trinajstić information content (AvgIpc) is 2.90. The summed E-state index contributed by atoms with van der Waals surface area (Å²) in [5.74, 6) is -0.818. The number of aromatic nitrogens is 1. The molecule has 10 heteroatoms. The third kappa shape index (κ3) is 7.88. The summed E-state index contributed by atoms with van der Waals surface area (Å²) in [6.07, 6.45) is 8.74. The van der Waals surface area contributed by atoms with Crippen molar-refractivity contribution >= 4 is 39.1 Å². The second-order valence-corrected chi connectivity index (χ2v) is 11.9. The van der Waals surface area contributed by atoms with Crippen molar-refractivity contribution in [2.24, 2.45) is 0 Å². The van der Waals surface area contributed by atoms with Crippen LogP contribution in [-0.4, -0.2) is 43.2 Å². The Balaban J connectivity index is 1.67. The summed E-state index contributed by atoms with van der Waals surface area (Å²) in [7, 11) is -4.09. The van der Waals surface area contributed by atoms with E-state index in [1.807, 2.05) is 18.3 Å². The minimum atomic E-state index is -4.09. The normalized spacial score (nSPS) is 15.5. The van der Waals surface area contributed by atoms with Gasteiger partial charge in [0.25, 0.3) is 15.9 Å². The number of benzene rings is 2. The average molecular weight is 569 g/mol. The van der Waals surface area contributed by atoms with Crippen LogP contribution in [0.15, 0.2) is 71.9 Å². The lowest BCUT2D eigenvalue weighted by molar-refractivity contribution is -0.116. The van der Waals surface area contributed by atoms with E-state index in [-0.39, 0.29) is 16.4 Å². The van der Waals surface area contributed by atoms with Crippen LogP contribution in [0, 0.1) is 0 Å². The number of halogens is 1. The van der Waals surface area contributed by atoms with Crippen LogP contribution in [0.2, 0.25) is 5.02 Å². The van der Waals surface area contributed by atoms with Gasteiger partial charge >= 0.3 is 0 Å². The Hall–Kier alpha value is -3.27. The van der Waals surface area contributed by atoms with E-state index >= 15 is 0 Å². The molecule has 2 heterocycles. The van der Waals surface area contributed by atoms with Crippen LogP contribution in [0.1, 0.15) is 60.5 Å². The van der Waals surface area contributed by atoms with E-state index in [4.69, 9.17) is 11.6 Å². The molecule has 0 fully saturated rings. The van der Waals surface area contributed by atoms with Crippen molar-refractivity contribution in [1.82, 2.24) is 14.6 Å². The number of carbonyl (C=O) groups is 2. The third-order valence-electron chi connectivity index (χ3n) is 6.74. The van der Waals surface area contributed by atoms with Crippen molar-refractivity contribution in [2.75, 3.05) is 18.0 Å². The van der Waals surface area contributed by atoms with E-state index in [9.17, 15) is 18.0 Å². The van der Waals surface area contributed by atoms with Crippen LogP contribution < -0.4 is 9.62 Å². The van der Waals surface area contributed by atoms with Crippen molar-refractivity contribution in [3.8, 4) is 0 Å². The quantitative estimate of drug-likeness (QED) is 0.456.